The number of ether oxygens (including phenoxy) is 1. The number of amidine groups is 1. The molecule has 1 aliphatic rings. The van der Waals surface area contributed by atoms with Crippen LogP contribution in [0.25, 0.3) is 0 Å². The molecule has 7 nitrogen and oxygen atoms in total. The Morgan fingerprint density at radius 3 is 2.74 bits per heavy atom. The van der Waals surface area contributed by atoms with Gasteiger partial charge in [0.1, 0.15) is 34.7 Å². The molecule has 0 spiro atoms. The molecule has 3 N–H and O–H groups in total. The lowest BCUT2D eigenvalue weighted by atomic mass is 9.80. The average molecular weight is 392 g/mol. The highest BCUT2D eigenvalue weighted by Gasteiger charge is 2.44. The van der Waals surface area contributed by atoms with Crippen molar-refractivity contribution in [1.82, 2.24) is 9.97 Å². The van der Waals surface area contributed by atoms with E-state index in [1.165, 1.54) is 24.4 Å². The third-order valence-electron chi connectivity index (χ3n) is 4.77. The van der Waals surface area contributed by atoms with Crippen molar-refractivity contribution in [3.63, 3.8) is 0 Å². The standard InChI is InChI=1S/C18H19ClFN5O2/c1-9-10(2)27-17(21)25-18(9,3)15-12(20)5-7-14(23-15)24-16(26)13-6-4-11(19)8-22-13/h4-10H,1-3H3,(H2,21,25)(H,23,24,26)/t9-,10+,18-/m0/s1. The first kappa shape index (κ1) is 19.0. The van der Waals surface area contributed by atoms with Gasteiger partial charge in [-0.1, -0.05) is 18.5 Å². The Hall–Kier alpha value is -2.74. The van der Waals surface area contributed by atoms with Gasteiger partial charge in [0.05, 0.1) is 5.02 Å². The lowest BCUT2D eigenvalue weighted by Gasteiger charge is -2.39. The molecule has 3 atom stereocenters. The fourth-order valence-electron chi connectivity index (χ4n) is 2.93. The minimum atomic E-state index is -1.04. The number of rotatable bonds is 3. The maximum atomic E-state index is 14.6. The molecule has 0 saturated heterocycles. The van der Waals surface area contributed by atoms with Crippen molar-refractivity contribution >= 4 is 29.3 Å². The fraction of sp³-hybridized carbons (Fsp3) is 0.333. The van der Waals surface area contributed by atoms with Crippen molar-refractivity contribution in [2.24, 2.45) is 16.6 Å². The van der Waals surface area contributed by atoms with Gasteiger partial charge >= 0.3 is 0 Å². The van der Waals surface area contributed by atoms with Gasteiger partial charge in [0.2, 0.25) is 0 Å². The van der Waals surface area contributed by atoms with E-state index < -0.39 is 17.3 Å². The van der Waals surface area contributed by atoms with E-state index >= 15 is 0 Å². The zero-order valence-corrected chi connectivity index (χ0v) is 15.8. The number of aliphatic imine (C=N–C) groups is 1. The van der Waals surface area contributed by atoms with Crippen LogP contribution < -0.4 is 11.1 Å². The van der Waals surface area contributed by atoms with Crippen LogP contribution in [0.3, 0.4) is 0 Å². The summed E-state index contributed by atoms with van der Waals surface area (Å²) in [6.07, 6.45) is 1.09. The van der Waals surface area contributed by atoms with Gasteiger partial charge in [0.15, 0.2) is 0 Å². The molecular weight excluding hydrogens is 373 g/mol. The second kappa shape index (κ2) is 7.11. The monoisotopic (exact) mass is 391 g/mol. The highest BCUT2D eigenvalue weighted by atomic mass is 35.5. The van der Waals surface area contributed by atoms with E-state index in [4.69, 9.17) is 22.1 Å². The molecule has 0 saturated carbocycles. The van der Waals surface area contributed by atoms with Gasteiger partial charge < -0.3 is 15.8 Å². The van der Waals surface area contributed by atoms with E-state index in [9.17, 15) is 9.18 Å². The number of carbonyl (C=O) groups excluding carboxylic acids is 1. The Labute approximate surface area is 160 Å². The number of nitrogens with two attached hydrogens (primary N) is 1. The maximum absolute atomic E-state index is 14.6. The van der Waals surface area contributed by atoms with Crippen LogP contribution in [-0.2, 0) is 10.3 Å². The molecule has 27 heavy (non-hydrogen) atoms. The lowest BCUT2D eigenvalue weighted by molar-refractivity contribution is 0.0684. The van der Waals surface area contributed by atoms with Crippen LogP contribution in [0, 0.1) is 11.7 Å². The van der Waals surface area contributed by atoms with Crippen molar-refractivity contribution < 1.29 is 13.9 Å². The first-order chi connectivity index (χ1) is 12.7. The van der Waals surface area contributed by atoms with E-state index in [0.29, 0.717) is 5.02 Å². The first-order valence-electron chi connectivity index (χ1n) is 8.32. The van der Waals surface area contributed by atoms with Gasteiger partial charge in [-0.2, -0.15) is 0 Å². The van der Waals surface area contributed by atoms with Crippen LogP contribution >= 0.6 is 11.6 Å². The number of anilines is 1. The SMILES string of the molecule is C[C@H]1OC(N)=N[C@](C)(c2nc(NC(=O)c3ccc(Cl)cn3)ccc2F)[C@H]1C. The Morgan fingerprint density at radius 1 is 1.33 bits per heavy atom. The minimum absolute atomic E-state index is 0.0240. The molecule has 0 unspecified atom stereocenters. The predicted octanol–water partition coefficient (Wildman–Crippen LogP) is 3.11. The summed E-state index contributed by atoms with van der Waals surface area (Å²) in [7, 11) is 0. The zero-order valence-electron chi connectivity index (χ0n) is 15.0. The number of nitrogens with one attached hydrogen (secondary N) is 1. The molecule has 0 radical (unpaired) electrons. The van der Waals surface area contributed by atoms with E-state index in [2.05, 4.69) is 20.3 Å². The number of aromatic nitrogens is 2. The van der Waals surface area contributed by atoms with Crippen molar-refractivity contribution in [1.29, 1.82) is 0 Å². The van der Waals surface area contributed by atoms with Crippen molar-refractivity contribution in [3.8, 4) is 0 Å². The molecule has 2 aromatic rings. The summed E-state index contributed by atoms with van der Waals surface area (Å²) in [5.74, 6) is -1.05. The second-order valence-electron chi connectivity index (χ2n) is 6.55. The molecule has 9 heteroatoms. The minimum Gasteiger partial charge on any atom is -0.462 e. The number of nitrogens with zero attached hydrogens (tertiary/aromatic N) is 3. The topological polar surface area (TPSA) is 102 Å². The molecule has 0 aliphatic carbocycles. The van der Waals surface area contributed by atoms with E-state index in [0.717, 1.165) is 0 Å². The molecule has 1 amide bonds. The molecular formula is C18H19ClFN5O2. The quantitative estimate of drug-likeness (QED) is 0.836. The first-order valence-corrected chi connectivity index (χ1v) is 8.70. The summed E-state index contributed by atoms with van der Waals surface area (Å²) in [5, 5.41) is 3.02. The van der Waals surface area contributed by atoms with E-state index in [-0.39, 0.29) is 35.2 Å². The van der Waals surface area contributed by atoms with Crippen molar-refractivity contribution in [2.75, 3.05) is 5.32 Å². The van der Waals surface area contributed by atoms with Gasteiger partial charge in [-0.05, 0) is 38.1 Å². The highest BCUT2D eigenvalue weighted by Crippen LogP contribution is 2.39. The third-order valence-corrected chi connectivity index (χ3v) is 4.99. The normalized spacial score (nSPS) is 24.7. The van der Waals surface area contributed by atoms with Crippen LogP contribution in [0.5, 0.6) is 0 Å². The Morgan fingerprint density at radius 2 is 2.07 bits per heavy atom. The van der Waals surface area contributed by atoms with Crippen molar-refractivity contribution in [3.05, 3.63) is 52.7 Å². The summed E-state index contributed by atoms with van der Waals surface area (Å²) in [5.41, 5.74) is 4.95. The summed E-state index contributed by atoms with van der Waals surface area (Å²) in [6.45, 7) is 5.45. The highest BCUT2D eigenvalue weighted by molar-refractivity contribution is 6.30. The van der Waals surface area contributed by atoms with Crippen LogP contribution in [0.4, 0.5) is 10.2 Å². The zero-order chi connectivity index (χ0) is 19.8. The van der Waals surface area contributed by atoms with Crippen LogP contribution in [0.15, 0.2) is 35.5 Å². The van der Waals surface area contributed by atoms with Gasteiger partial charge in [-0.3, -0.25) is 4.79 Å². The Kier molecular flexibility index (Phi) is 5.01. The average Bonchev–Trinajstić information content (AvgIpc) is 2.61. The Balaban J connectivity index is 1.94. The van der Waals surface area contributed by atoms with Crippen molar-refractivity contribution in [2.45, 2.75) is 32.4 Å². The maximum Gasteiger partial charge on any atom is 0.283 e. The summed E-state index contributed by atoms with van der Waals surface area (Å²) in [6, 6.07) is 5.62. The number of halogens is 2. The summed E-state index contributed by atoms with van der Waals surface area (Å²) < 4.78 is 20.0. The largest absolute Gasteiger partial charge is 0.462 e. The second-order valence-corrected chi connectivity index (χ2v) is 6.99. The van der Waals surface area contributed by atoms with E-state index in [1.807, 2.05) is 13.8 Å². The number of carbonyl (C=O) groups is 1. The van der Waals surface area contributed by atoms with Gasteiger partial charge in [0, 0.05) is 12.1 Å². The molecule has 0 aromatic carbocycles. The van der Waals surface area contributed by atoms with Gasteiger partial charge in [-0.25, -0.2) is 19.4 Å². The number of hydrogen-bond donors (Lipinski definition) is 2. The van der Waals surface area contributed by atoms with Crippen LogP contribution in [0.2, 0.25) is 5.02 Å². The molecule has 2 aromatic heterocycles. The molecule has 3 rings (SSSR count). The number of pyridine rings is 2. The van der Waals surface area contributed by atoms with Gasteiger partial charge in [-0.15, -0.1) is 0 Å². The fourth-order valence-corrected chi connectivity index (χ4v) is 3.04. The van der Waals surface area contributed by atoms with E-state index in [1.54, 1.807) is 13.0 Å². The Bertz CT molecular complexity index is 905. The third kappa shape index (κ3) is 3.71. The predicted molar refractivity (Wildman–Crippen MR) is 100 cm³/mol. The smallest absolute Gasteiger partial charge is 0.283 e. The molecule has 0 fully saturated rings. The lowest BCUT2D eigenvalue weighted by Crippen LogP contribution is -2.46. The summed E-state index contributed by atoms with van der Waals surface area (Å²) in [4.78, 5) is 24.9. The summed E-state index contributed by atoms with van der Waals surface area (Å²) >= 11 is 5.77. The molecule has 0 bridgehead atoms. The van der Waals surface area contributed by atoms with Crippen LogP contribution in [0.1, 0.15) is 37.0 Å². The molecule has 3 heterocycles. The molecule has 142 valence electrons. The van der Waals surface area contributed by atoms with Crippen LogP contribution in [-0.4, -0.2) is 28.0 Å². The number of hydrogen-bond acceptors (Lipinski definition) is 6. The molecule has 1 aliphatic heterocycles. The number of amides is 1. The van der Waals surface area contributed by atoms with Gasteiger partial charge in [0.25, 0.3) is 11.9 Å².